The van der Waals surface area contributed by atoms with E-state index < -0.39 is 11.7 Å². The normalized spacial score (nSPS) is 13.9. The Balaban J connectivity index is 1.84. The third-order valence-corrected chi connectivity index (χ3v) is 4.33. The van der Waals surface area contributed by atoms with Gasteiger partial charge >= 0.3 is 0 Å². The number of ether oxygens (including phenoxy) is 1. The summed E-state index contributed by atoms with van der Waals surface area (Å²) >= 11 is 6.13. The predicted molar refractivity (Wildman–Crippen MR) is 93.9 cm³/mol. The Morgan fingerprint density at radius 1 is 1.28 bits per heavy atom. The highest BCUT2D eigenvalue weighted by molar-refractivity contribution is 6.34. The molecule has 2 aromatic rings. The van der Waals surface area contributed by atoms with Gasteiger partial charge in [-0.25, -0.2) is 4.39 Å². The highest BCUT2D eigenvalue weighted by Gasteiger charge is 2.23. The Bertz CT molecular complexity index is 841. The first kappa shape index (κ1) is 17.2. The molecule has 0 radical (unpaired) electrons. The van der Waals surface area contributed by atoms with Crippen LogP contribution in [0.2, 0.25) is 5.02 Å². The van der Waals surface area contributed by atoms with Gasteiger partial charge < -0.3 is 15.0 Å². The molecule has 25 heavy (non-hydrogen) atoms. The molecule has 0 spiro atoms. The van der Waals surface area contributed by atoms with Crippen molar-refractivity contribution in [1.82, 2.24) is 0 Å². The van der Waals surface area contributed by atoms with Gasteiger partial charge in [-0.05, 0) is 36.8 Å². The summed E-state index contributed by atoms with van der Waals surface area (Å²) in [5.41, 5.74) is 0.844. The number of carbonyl (C=O) groups is 2. The molecule has 7 heteroatoms. The van der Waals surface area contributed by atoms with Gasteiger partial charge in [0.25, 0.3) is 5.91 Å². The average Bonchev–Trinajstić information content (AvgIpc) is 3.02. The van der Waals surface area contributed by atoms with E-state index in [4.69, 9.17) is 16.3 Å². The molecule has 2 aromatic carbocycles. The third-order valence-electron chi connectivity index (χ3n) is 4.00. The summed E-state index contributed by atoms with van der Waals surface area (Å²) in [5.74, 6) is -0.978. The van der Waals surface area contributed by atoms with Crippen LogP contribution in [0.5, 0.6) is 5.75 Å². The zero-order valence-corrected chi connectivity index (χ0v) is 14.3. The maximum absolute atomic E-state index is 14.0. The molecule has 1 aliphatic rings. The number of amides is 2. The lowest BCUT2D eigenvalue weighted by Gasteiger charge is -2.17. The monoisotopic (exact) mass is 362 g/mol. The van der Waals surface area contributed by atoms with E-state index in [1.165, 1.54) is 19.2 Å². The number of anilines is 2. The van der Waals surface area contributed by atoms with Crippen LogP contribution in [-0.4, -0.2) is 25.5 Å². The van der Waals surface area contributed by atoms with Gasteiger partial charge in [0.2, 0.25) is 5.91 Å². The fraction of sp³-hybridized carbons (Fsp3) is 0.222. The van der Waals surface area contributed by atoms with Crippen molar-refractivity contribution < 1.29 is 18.7 Å². The largest absolute Gasteiger partial charge is 0.497 e. The number of nitrogens with zero attached hydrogens (tertiary/aromatic N) is 1. The number of carbonyl (C=O) groups excluding carboxylic acids is 2. The molecular formula is C18H16ClFN2O3. The van der Waals surface area contributed by atoms with Crippen molar-refractivity contribution in [2.24, 2.45) is 0 Å². The molecule has 1 fully saturated rings. The Hall–Kier alpha value is -2.60. The minimum atomic E-state index is -0.696. The molecule has 0 unspecified atom stereocenters. The van der Waals surface area contributed by atoms with E-state index in [9.17, 15) is 14.0 Å². The van der Waals surface area contributed by atoms with Gasteiger partial charge in [-0.3, -0.25) is 9.59 Å². The van der Waals surface area contributed by atoms with Gasteiger partial charge in [0.15, 0.2) is 0 Å². The van der Waals surface area contributed by atoms with Crippen LogP contribution in [0.4, 0.5) is 15.8 Å². The van der Waals surface area contributed by atoms with E-state index in [1.54, 1.807) is 23.1 Å². The topological polar surface area (TPSA) is 58.6 Å². The lowest BCUT2D eigenvalue weighted by molar-refractivity contribution is -0.117. The number of rotatable bonds is 4. The molecule has 3 rings (SSSR count). The van der Waals surface area contributed by atoms with Gasteiger partial charge in [0.1, 0.15) is 11.6 Å². The Kier molecular flexibility index (Phi) is 4.90. The maximum atomic E-state index is 14.0. The summed E-state index contributed by atoms with van der Waals surface area (Å²) in [6.07, 6.45) is 1.29. The molecule has 0 bridgehead atoms. The van der Waals surface area contributed by atoms with Gasteiger partial charge in [-0.1, -0.05) is 11.6 Å². The molecule has 1 N–H and O–H groups in total. The Morgan fingerprint density at radius 3 is 2.72 bits per heavy atom. The molecule has 0 atom stereocenters. The van der Waals surface area contributed by atoms with E-state index in [1.807, 2.05) is 0 Å². The summed E-state index contributed by atoms with van der Waals surface area (Å²) in [4.78, 5) is 25.9. The minimum Gasteiger partial charge on any atom is -0.497 e. The van der Waals surface area contributed by atoms with Crippen LogP contribution in [0.1, 0.15) is 23.2 Å². The molecule has 0 aromatic heterocycles. The lowest BCUT2D eigenvalue weighted by atomic mass is 10.1. The maximum Gasteiger partial charge on any atom is 0.258 e. The molecule has 5 nitrogen and oxygen atoms in total. The van der Waals surface area contributed by atoms with Crippen LogP contribution in [0.3, 0.4) is 0 Å². The standard InChI is InChI=1S/C18H16ClFN2O3/c1-25-12-5-6-13(15(20)10-12)18(24)21-16-9-11(4-7-14(16)19)22-8-2-3-17(22)23/h4-7,9-10H,2-3,8H2,1H3,(H,21,24). The molecule has 130 valence electrons. The first-order valence-corrected chi connectivity index (χ1v) is 8.12. The molecule has 1 saturated heterocycles. The van der Waals surface area contributed by atoms with E-state index in [0.717, 1.165) is 12.5 Å². The molecular weight excluding hydrogens is 347 g/mol. The number of benzene rings is 2. The lowest BCUT2D eigenvalue weighted by Crippen LogP contribution is -2.24. The highest BCUT2D eigenvalue weighted by Crippen LogP contribution is 2.30. The molecule has 1 heterocycles. The van der Waals surface area contributed by atoms with Crippen molar-refractivity contribution in [3.8, 4) is 5.75 Å². The SMILES string of the molecule is COc1ccc(C(=O)Nc2cc(N3CCCC3=O)ccc2Cl)c(F)c1. The van der Waals surface area contributed by atoms with Crippen LogP contribution in [0.15, 0.2) is 36.4 Å². The third kappa shape index (κ3) is 3.58. The number of nitrogens with one attached hydrogen (secondary N) is 1. The first-order valence-electron chi connectivity index (χ1n) is 7.74. The summed E-state index contributed by atoms with van der Waals surface area (Å²) in [5, 5.41) is 2.90. The van der Waals surface area contributed by atoms with E-state index in [2.05, 4.69) is 5.32 Å². The van der Waals surface area contributed by atoms with Gasteiger partial charge in [0.05, 0.1) is 23.4 Å². The Labute approximate surface area is 149 Å². The first-order chi connectivity index (χ1) is 12.0. The zero-order valence-electron chi connectivity index (χ0n) is 13.5. The second-order valence-electron chi connectivity index (χ2n) is 5.61. The fourth-order valence-corrected chi connectivity index (χ4v) is 2.86. The molecule has 0 saturated carbocycles. The quantitative estimate of drug-likeness (QED) is 0.898. The summed E-state index contributed by atoms with van der Waals surface area (Å²) in [6, 6.07) is 8.91. The highest BCUT2D eigenvalue weighted by atomic mass is 35.5. The predicted octanol–water partition coefficient (Wildman–Crippen LogP) is 3.87. The number of hydrogen-bond acceptors (Lipinski definition) is 3. The number of halogens is 2. The van der Waals surface area contributed by atoms with Crippen molar-refractivity contribution in [3.63, 3.8) is 0 Å². The van der Waals surface area contributed by atoms with Crippen LogP contribution in [0.25, 0.3) is 0 Å². The summed E-state index contributed by atoms with van der Waals surface area (Å²) < 4.78 is 19.0. The van der Waals surface area contributed by atoms with E-state index >= 15 is 0 Å². The van der Waals surface area contributed by atoms with Gasteiger partial charge in [-0.15, -0.1) is 0 Å². The summed E-state index contributed by atoms with van der Waals surface area (Å²) in [7, 11) is 1.42. The average molecular weight is 363 g/mol. The minimum absolute atomic E-state index is 0.0285. The van der Waals surface area contributed by atoms with Crippen molar-refractivity contribution in [3.05, 3.63) is 52.8 Å². The van der Waals surface area contributed by atoms with Crippen molar-refractivity contribution in [2.75, 3.05) is 23.9 Å². The molecule has 1 aliphatic heterocycles. The molecule has 2 amide bonds. The van der Waals surface area contributed by atoms with Crippen LogP contribution < -0.4 is 15.0 Å². The smallest absolute Gasteiger partial charge is 0.258 e. The second-order valence-corrected chi connectivity index (χ2v) is 6.02. The van der Waals surface area contributed by atoms with Crippen LogP contribution in [0, 0.1) is 5.82 Å². The van der Waals surface area contributed by atoms with Crippen molar-refractivity contribution in [1.29, 1.82) is 0 Å². The second kappa shape index (κ2) is 7.11. The van der Waals surface area contributed by atoms with Crippen molar-refractivity contribution >= 4 is 34.8 Å². The molecule has 0 aliphatic carbocycles. The number of hydrogen-bond donors (Lipinski definition) is 1. The zero-order chi connectivity index (χ0) is 18.0. The number of methoxy groups -OCH3 is 1. The van der Waals surface area contributed by atoms with E-state index in [0.29, 0.717) is 35.1 Å². The van der Waals surface area contributed by atoms with Gasteiger partial charge in [0, 0.05) is 24.7 Å². The summed E-state index contributed by atoms with van der Waals surface area (Å²) in [6.45, 7) is 0.626. The van der Waals surface area contributed by atoms with Gasteiger partial charge in [-0.2, -0.15) is 0 Å². The Morgan fingerprint density at radius 2 is 2.08 bits per heavy atom. The van der Waals surface area contributed by atoms with E-state index in [-0.39, 0.29) is 11.5 Å². The van der Waals surface area contributed by atoms with Crippen LogP contribution in [-0.2, 0) is 4.79 Å². The van der Waals surface area contributed by atoms with Crippen LogP contribution >= 0.6 is 11.6 Å². The van der Waals surface area contributed by atoms with Crippen molar-refractivity contribution in [2.45, 2.75) is 12.8 Å². The fourth-order valence-electron chi connectivity index (χ4n) is 2.69.